The quantitative estimate of drug-likeness (QED) is 0.338. The predicted octanol–water partition coefficient (Wildman–Crippen LogP) is 1.87. The van der Waals surface area contributed by atoms with Crippen LogP contribution < -0.4 is 0 Å². The summed E-state index contributed by atoms with van der Waals surface area (Å²) in [7, 11) is 1.19. The third-order valence-electron chi connectivity index (χ3n) is 2.08. The van der Waals surface area contributed by atoms with E-state index in [1.165, 1.54) is 14.0 Å². The smallest absolute Gasteiger partial charge is 0.340 e. The number of ether oxygens (including phenoxy) is 1. The fourth-order valence-electron chi connectivity index (χ4n) is 1.30. The van der Waals surface area contributed by atoms with Crippen LogP contribution in [0.25, 0.3) is 5.70 Å². The minimum absolute atomic E-state index is 0.0151. The summed E-state index contributed by atoms with van der Waals surface area (Å²) in [4.78, 5) is 21.6. The Kier molecular flexibility index (Phi) is 3.77. The van der Waals surface area contributed by atoms with Crippen molar-refractivity contribution in [3.8, 4) is 0 Å². The molecule has 16 heavy (non-hydrogen) atoms. The van der Waals surface area contributed by atoms with Crippen molar-refractivity contribution in [2.75, 3.05) is 7.11 Å². The SMILES string of the molecule is COC(=O)C(C)=C(c1ccccc1)[N+](=O)[O-]. The third-order valence-corrected chi connectivity index (χ3v) is 2.08. The summed E-state index contributed by atoms with van der Waals surface area (Å²) in [5.74, 6) is -0.699. The number of hydrogen-bond acceptors (Lipinski definition) is 4. The molecule has 0 heterocycles. The number of methoxy groups -OCH3 is 1. The summed E-state index contributed by atoms with van der Waals surface area (Å²) in [5, 5.41) is 10.9. The number of nitro groups is 1. The fourth-order valence-corrected chi connectivity index (χ4v) is 1.30. The van der Waals surface area contributed by atoms with Crippen LogP contribution in [0.2, 0.25) is 0 Å². The van der Waals surface area contributed by atoms with Crippen molar-refractivity contribution in [3.63, 3.8) is 0 Å². The average molecular weight is 221 g/mol. The predicted molar refractivity (Wildman–Crippen MR) is 58.0 cm³/mol. The van der Waals surface area contributed by atoms with Crippen LogP contribution in [0, 0.1) is 10.1 Å². The molecule has 1 aromatic rings. The number of nitrogens with zero attached hydrogens (tertiary/aromatic N) is 1. The highest BCUT2D eigenvalue weighted by Crippen LogP contribution is 2.19. The molecule has 0 saturated carbocycles. The number of rotatable bonds is 3. The molecule has 5 nitrogen and oxygen atoms in total. The first kappa shape index (κ1) is 11.9. The van der Waals surface area contributed by atoms with Crippen LogP contribution in [-0.2, 0) is 9.53 Å². The van der Waals surface area contributed by atoms with Crippen LogP contribution in [0.5, 0.6) is 0 Å². The number of esters is 1. The van der Waals surface area contributed by atoms with Gasteiger partial charge >= 0.3 is 5.97 Å². The second-order valence-corrected chi connectivity index (χ2v) is 3.09. The lowest BCUT2D eigenvalue weighted by Gasteiger charge is -2.02. The Morgan fingerprint density at radius 1 is 1.31 bits per heavy atom. The van der Waals surface area contributed by atoms with Gasteiger partial charge in [0.25, 0.3) is 5.70 Å². The van der Waals surface area contributed by atoms with E-state index in [-0.39, 0.29) is 11.3 Å². The van der Waals surface area contributed by atoms with Gasteiger partial charge in [0.15, 0.2) is 0 Å². The van der Waals surface area contributed by atoms with Gasteiger partial charge in [-0.25, -0.2) is 4.79 Å². The van der Waals surface area contributed by atoms with E-state index in [1.807, 2.05) is 0 Å². The van der Waals surface area contributed by atoms with Crippen molar-refractivity contribution >= 4 is 11.7 Å². The van der Waals surface area contributed by atoms with Crippen LogP contribution in [-0.4, -0.2) is 18.0 Å². The zero-order valence-electron chi connectivity index (χ0n) is 8.97. The molecule has 1 aromatic carbocycles. The Balaban J connectivity index is 3.30. The molecule has 0 saturated heterocycles. The Morgan fingerprint density at radius 2 is 1.88 bits per heavy atom. The van der Waals surface area contributed by atoms with Crippen LogP contribution in [0.1, 0.15) is 12.5 Å². The van der Waals surface area contributed by atoms with E-state index < -0.39 is 10.9 Å². The molecule has 0 spiro atoms. The van der Waals surface area contributed by atoms with Crippen molar-refractivity contribution in [1.29, 1.82) is 0 Å². The van der Waals surface area contributed by atoms with E-state index in [4.69, 9.17) is 0 Å². The van der Waals surface area contributed by atoms with Gasteiger partial charge in [-0.05, 0) is 19.1 Å². The largest absolute Gasteiger partial charge is 0.465 e. The van der Waals surface area contributed by atoms with Gasteiger partial charge in [0.1, 0.15) is 5.57 Å². The second-order valence-electron chi connectivity index (χ2n) is 3.09. The van der Waals surface area contributed by atoms with Crippen molar-refractivity contribution < 1.29 is 14.5 Å². The molecule has 0 aliphatic heterocycles. The van der Waals surface area contributed by atoms with Gasteiger partial charge in [0.05, 0.1) is 17.6 Å². The first-order valence-corrected chi connectivity index (χ1v) is 4.57. The van der Waals surface area contributed by atoms with Crippen molar-refractivity contribution in [2.45, 2.75) is 6.92 Å². The number of carbonyl (C=O) groups excluding carboxylic acids is 1. The summed E-state index contributed by atoms with van der Waals surface area (Å²) < 4.78 is 4.46. The second kappa shape index (κ2) is 5.06. The monoisotopic (exact) mass is 221 g/mol. The molecule has 0 atom stereocenters. The topological polar surface area (TPSA) is 69.4 Å². The van der Waals surface area contributed by atoms with Crippen LogP contribution in [0.3, 0.4) is 0 Å². The zero-order valence-corrected chi connectivity index (χ0v) is 8.97. The molecular weight excluding hydrogens is 210 g/mol. The summed E-state index contributed by atoms with van der Waals surface area (Å²) in [6.45, 7) is 1.37. The Bertz CT molecular complexity index is 437. The molecule has 0 bridgehead atoms. The maximum atomic E-state index is 11.2. The summed E-state index contributed by atoms with van der Waals surface area (Å²) in [6, 6.07) is 8.23. The third kappa shape index (κ3) is 2.44. The van der Waals surface area contributed by atoms with Gasteiger partial charge in [0, 0.05) is 0 Å². The lowest BCUT2D eigenvalue weighted by atomic mass is 10.1. The molecule has 0 unspecified atom stereocenters. The highest BCUT2D eigenvalue weighted by atomic mass is 16.6. The van der Waals surface area contributed by atoms with Crippen molar-refractivity contribution in [3.05, 3.63) is 51.6 Å². The van der Waals surface area contributed by atoms with Gasteiger partial charge in [-0.15, -0.1) is 0 Å². The van der Waals surface area contributed by atoms with Gasteiger partial charge in [0.2, 0.25) is 0 Å². The van der Waals surface area contributed by atoms with Crippen molar-refractivity contribution in [1.82, 2.24) is 0 Å². The number of benzene rings is 1. The molecule has 1 rings (SSSR count). The molecule has 5 heteroatoms. The maximum Gasteiger partial charge on any atom is 0.340 e. The Hall–Kier alpha value is -2.17. The molecular formula is C11H11NO4. The van der Waals surface area contributed by atoms with Gasteiger partial charge in [-0.2, -0.15) is 0 Å². The van der Waals surface area contributed by atoms with Crippen LogP contribution >= 0.6 is 0 Å². The van der Waals surface area contributed by atoms with Gasteiger partial charge in [-0.3, -0.25) is 10.1 Å². The first-order valence-electron chi connectivity index (χ1n) is 4.57. The Morgan fingerprint density at radius 3 is 2.31 bits per heavy atom. The van der Waals surface area contributed by atoms with E-state index in [0.29, 0.717) is 5.56 Å². The molecule has 0 amide bonds. The van der Waals surface area contributed by atoms with Crippen LogP contribution in [0.4, 0.5) is 0 Å². The first-order chi connectivity index (χ1) is 7.57. The standard InChI is InChI=1S/C11H11NO4/c1-8(11(13)16-2)10(12(14)15)9-6-4-3-5-7-9/h3-7H,1-2H3. The molecule has 0 radical (unpaired) electrons. The van der Waals surface area contributed by atoms with E-state index in [1.54, 1.807) is 30.3 Å². The van der Waals surface area contributed by atoms with Crippen molar-refractivity contribution in [2.24, 2.45) is 0 Å². The molecule has 84 valence electrons. The molecule has 0 aliphatic rings. The normalized spacial score (nSPS) is 11.6. The highest BCUT2D eigenvalue weighted by Gasteiger charge is 2.22. The average Bonchev–Trinajstić information content (AvgIpc) is 2.29. The Labute approximate surface area is 92.5 Å². The maximum absolute atomic E-state index is 11.2. The van der Waals surface area contributed by atoms with E-state index in [0.717, 1.165) is 0 Å². The highest BCUT2D eigenvalue weighted by molar-refractivity contribution is 5.95. The zero-order chi connectivity index (χ0) is 12.1. The lowest BCUT2D eigenvalue weighted by Crippen LogP contribution is -2.09. The summed E-state index contributed by atoms with van der Waals surface area (Å²) in [6.07, 6.45) is 0. The van der Waals surface area contributed by atoms with E-state index in [2.05, 4.69) is 4.74 Å². The lowest BCUT2D eigenvalue weighted by molar-refractivity contribution is -0.376. The molecule has 0 aromatic heterocycles. The minimum atomic E-state index is -0.699. The fraction of sp³-hybridized carbons (Fsp3) is 0.182. The van der Waals surface area contributed by atoms with E-state index >= 15 is 0 Å². The van der Waals surface area contributed by atoms with Crippen LogP contribution in [0.15, 0.2) is 35.9 Å². The van der Waals surface area contributed by atoms with Gasteiger partial charge < -0.3 is 4.74 Å². The molecule has 0 N–H and O–H groups in total. The summed E-state index contributed by atoms with van der Waals surface area (Å²) in [5.41, 5.74) is 0.140. The van der Waals surface area contributed by atoms with E-state index in [9.17, 15) is 14.9 Å². The number of hydrogen-bond donors (Lipinski definition) is 0. The molecule has 0 aliphatic carbocycles. The van der Waals surface area contributed by atoms with Gasteiger partial charge in [-0.1, -0.05) is 18.2 Å². The molecule has 0 fully saturated rings. The summed E-state index contributed by atoms with van der Waals surface area (Å²) >= 11 is 0. The minimum Gasteiger partial charge on any atom is -0.465 e. The number of carbonyl (C=O) groups is 1.